The third kappa shape index (κ3) is 4.43. The van der Waals surface area contributed by atoms with E-state index in [1.54, 1.807) is 48.7 Å². The number of rotatable bonds is 4. The van der Waals surface area contributed by atoms with Crippen LogP contribution in [0.3, 0.4) is 0 Å². The average Bonchev–Trinajstić information content (AvgIpc) is 3.18. The highest BCUT2D eigenvalue weighted by Gasteiger charge is 2.16. The Morgan fingerprint density at radius 3 is 2.45 bits per heavy atom. The highest BCUT2D eigenvalue weighted by atomic mass is 32.1. The van der Waals surface area contributed by atoms with Gasteiger partial charge in [-0.05, 0) is 48.9 Å². The Hall–Kier alpha value is -4.05. The molecule has 0 saturated heterocycles. The molecule has 0 unspecified atom stereocenters. The van der Waals surface area contributed by atoms with Crippen molar-refractivity contribution in [2.75, 3.05) is 21.7 Å². The smallest absolute Gasteiger partial charge is 0.323 e. The molecule has 0 bridgehead atoms. The monoisotopic (exact) mass is 436 g/mol. The Kier molecular flexibility index (Phi) is 5.46. The lowest BCUT2D eigenvalue weighted by molar-refractivity contribution is 0.102. The molecule has 0 atom stereocenters. The summed E-state index contributed by atoms with van der Waals surface area (Å²) in [5, 5.41) is 10.1. The van der Waals surface area contributed by atoms with Gasteiger partial charge in [0.15, 0.2) is 0 Å². The highest BCUT2D eigenvalue weighted by molar-refractivity contribution is 7.17. The van der Waals surface area contributed by atoms with Gasteiger partial charge in [-0.25, -0.2) is 19.2 Å². The summed E-state index contributed by atoms with van der Waals surface area (Å²) in [7, 11) is 0. The zero-order valence-corrected chi connectivity index (χ0v) is 17.1. The fourth-order valence-electron chi connectivity index (χ4n) is 2.92. The number of nitrogens with zero attached hydrogens (tertiary/aromatic N) is 2. The molecule has 0 fully saturated rings. The van der Waals surface area contributed by atoms with Crippen LogP contribution < -0.4 is 21.7 Å². The minimum atomic E-state index is -0.582. The van der Waals surface area contributed by atoms with Crippen molar-refractivity contribution < 1.29 is 14.0 Å². The zero-order chi connectivity index (χ0) is 22.0. The summed E-state index contributed by atoms with van der Waals surface area (Å²) in [5.74, 6) is -0.626. The maximum Gasteiger partial charge on any atom is 0.323 e. The minimum absolute atomic E-state index is 0.0904. The molecule has 4 rings (SSSR count). The van der Waals surface area contributed by atoms with Gasteiger partial charge in [0, 0.05) is 16.8 Å². The Morgan fingerprint density at radius 1 is 1.00 bits per heavy atom. The molecule has 2 heterocycles. The number of nitrogen functional groups attached to an aromatic ring is 1. The van der Waals surface area contributed by atoms with Gasteiger partial charge in [-0.2, -0.15) is 0 Å². The second-order valence-electron chi connectivity index (χ2n) is 6.68. The number of nitrogens with one attached hydrogen (secondary N) is 3. The Bertz CT molecular complexity index is 1290. The summed E-state index contributed by atoms with van der Waals surface area (Å²) in [6.07, 6.45) is 1.35. The summed E-state index contributed by atoms with van der Waals surface area (Å²) in [4.78, 5) is 33.4. The summed E-state index contributed by atoms with van der Waals surface area (Å²) in [6, 6.07) is 10.4. The number of thiophene rings is 1. The topological polar surface area (TPSA) is 122 Å². The van der Waals surface area contributed by atoms with Crippen LogP contribution in [0.25, 0.3) is 10.2 Å². The molecule has 0 spiro atoms. The van der Waals surface area contributed by atoms with E-state index in [-0.39, 0.29) is 17.4 Å². The number of urea groups is 1. The van der Waals surface area contributed by atoms with Gasteiger partial charge < -0.3 is 21.7 Å². The second-order valence-corrected chi connectivity index (χ2v) is 7.54. The number of halogens is 1. The molecule has 0 saturated carbocycles. The van der Waals surface area contributed by atoms with Crippen LogP contribution in [0.1, 0.15) is 15.9 Å². The first kappa shape index (κ1) is 20.2. The second kappa shape index (κ2) is 8.36. The molecule has 2 aromatic carbocycles. The number of hydrogen-bond acceptors (Lipinski definition) is 6. The van der Waals surface area contributed by atoms with Crippen LogP contribution in [0.5, 0.6) is 0 Å². The Labute approximate surface area is 180 Å². The number of carbonyl (C=O) groups excluding carboxylic acids is 2. The largest absolute Gasteiger partial charge is 0.383 e. The summed E-state index contributed by atoms with van der Waals surface area (Å²) >= 11 is 1.31. The van der Waals surface area contributed by atoms with Gasteiger partial charge >= 0.3 is 6.03 Å². The number of aromatic nitrogens is 2. The third-order valence-electron chi connectivity index (χ3n) is 4.41. The van der Waals surface area contributed by atoms with Crippen molar-refractivity contribution >= 4 is 56.4 Å². The van der Waals surface area contributed by atoms with E-state index in [0.29, 0.717) is 27.2 Å². The number of fused-ring (bicyclic) bond motifs is 1. The highest BCUT2D eigenvalue weighted by Crippen LogP contribution is 2.28. The molecule has 0 aliphatic carbocycles. The normalized spacial score (nSPS) is 10.6. The lowest BCUT2D eigenvalue weighted by Crippen LogP contribution is -2.20. The van der Waals surface area contributed by atoms with Gasteiger partial charge in [-0.3, -0.25) is 4.79 Å². The number of hydrogen-bond donors (Lipinski definition) is 4. The SMILES string of the molecule is Cc1ccc(F)c(NC(=O)Nc2ccc(NC(=O)c3csc4ncnc(N)c34)cc2)c1. The third-order valence-corrected chi connectivity index (χ3v) is 5.30. The summed E-state index contributed by atoms with van der Waals surface area (Å²) < 4.78 is 13.8. The lowest BCUT2D eigenvalue weighted by atomic mass is 10.2. The molecular formula is C21H17FN6O2S. The van der Waals surface area contributed by atoms with Gasteiger partial charge in [-0.15, -0.1) is 11.3 Å². The molecule has 4 aromatic rings. The summed E-state index contributed by atoms with van der Waals surface area (Å²) in [6.45, 7) is 1.80. The van der Waals surface area contributed by atoms with Crippen LogP contribution in [0.2, 0.25) is 0 Å². The molecular weight excluding hydrogens is 419 g/mol. The average molecular weight is 436 g/mol. The number of benzene rings is 2. The van der Waals surface area contributed by atoms with Crippen LogP contribution in [0.4, 0.5) is 32.1 Å². The van der Waals surface area contributed by atoms with Crippen LogP contribution in [-0.2, 0) is 0 Å². The van der Waals surface area contributed by atoms with Crippen molar-refractivity contribution in [2.45, 2.75) is 6.92 Å². The molecule has 2 aromatic heterocycles. The van der Waals surface area contributed by atoms with E-state index in [2.05, 4.69) is 25.9 Å². The molecule has 0 radical (unpaired) electrons. The minimum Gasteiger partial charge on any atom is -0.383 e. The first-order valence-electron chi connectivity index (χ1n) is 9.14. The van der Waals surface area contributed by atoms with Crippen LogP contribution in [-0.4, -0.2) is 21.9 Å². The zero-order valence-electron chi connectivity index (χ0n) is 16.3. The van der Waals surface area contributed by atoms with Crippen LogP contribution >= 0.6 is 11.3 Å². The van der Waals surface area contributed by atoms with E-state index in [0.717, 1.165) is 5.56 Å². The fourth-order valence-corrected chi connectivity index (χ4v) is 3.82. The molecule has 156 valence electrons. The quantitative estimate of drug-likeness (QED) is 0.372. The Morgan fingerprint density at radius 2 is 1.71 bits per heavy atom. The van der Waals surface area contributed by atoms with Gasteiger partial charge in [0.2, 0.25) is 0 Å². The van der Waals surface area contributed by atoms with E-state index in [9.17, 15) is 14.0 Å². The molecule has 0 aliphatic rings. The van der Waals surface area contributed by atoms with Crippen molar-refractivity contribution in [3.63, 3.8) is 0 Å². The van der Waals surface area contributed by atoms with Crippen LogP contribution in [0.15, 0.2) is 54.2 Å². The maximum atomic E-state index is 13.8. The molecule has 8 nitrogen and oxygen atoms in total. The van der Waals surface area contributed by atoms with E-state index >= 15 is 0 Å². The predicted octanol–water partition coefficient (Wildman–Crippen LogP) is 4.62. The first-order chi connectivity index (χ1) is 14.9. The van der Waals surface area contributed by atoms with Crippen LogP contribution in [0, 0.1) is 12.7 Å². The van der Waals surface area contributed by atoms with Crippen molar-refractivity contribution in [1.29, 1.82) is 0 Å². The van der Waals surface area contributed by atoms with E-state index < -0.39 is 11.8 Å². The van der Waals surface area contributed by atoms with E-state index in [4.69, 9.17) is 5.73 Å². The summed E-state index contributed by atoms with van der Waals surface area (Å²) in [5.41, 5.74) is 8.18. The molecule has 10 heteroatoms. The van der Waals surface area contributed by atoms with Crippen molar-refractivity contribution in [3.05, 3.63) is 71.1 Å². The first-order valence-corrected chi connectivity index (χ1v) is 10.0. The molecule has 0 aliphatic heterocycles. The Balaban J connectivity index is 1.41. The van der Waals surface area contributed by atoms with Crippen molar-refractivity contribution in [2.24, 2.45) is 0 Å². The van der Waals surface area contributed by atoms with Gasteiger partial charge in [0.1, 0.15) is 22.8 Å². The number of anilines is 4. The lowest BCUT2D eigenvalue weighted by Gasteiger charge is -2.10. The molecule has 31 heavy (non-hydrogen) atoms. The van der Waals surface area contributed by atoms with E-state index in [1.165, 1.54) is 23.7 Å². The van der Waals surface area contributed by atoms with E-state index in [1.807, 2.05) is 0 Å². The van der Waals surface area contributed by atoms with Crippen molar-refractivity contribution in [3.8, 4) is 0 Å². The number of carbonyl (C=O) groups is 2. The predicted molar refractivity (Wildman–Crippen MR) is 120 cm³/mol. The number of nitrogens with two attached hydrogens (primary N) is 1. The van der Waals surface area contributed by atoms with Gasteiger partial charge in [0.25, 0.3) is 5.91 Å². The standard InChI is InChI=1S/C21H17FN6O2S/c1-11-2-7-15(22)16(8-11)28-21(30)27-13-5-3-12(4-6-13)26-19(29)14-9-31-20-17(14)18(23)24-10-25-20/h2-10H,1H3,(H,26,29)(H2,23,24,25)(H2,27,28,30). The maximum absolute atomic E-state index is 13.8. The van der Waals surface area contributed by atoms with Crippen molar-refractivity contribution in [1.82, 2.24) is 9.97 Å². The molecule has 5 N–H and O–H groups in total. The fraction of sp³-hybridized carbons (Fsp3) is 0.0476. The van der Waals surface area contributed by atoms with Gasteiger partial charge in [0.05, 0.1) is 16.6 Å². The number of aryl methyl sites for hydroxylation is 1. The van der Waals surface area contributed by atoms with Gasteiger partial charge in [-0.1, -0.05) is 6.07 Å². The molecule has 3 amide bonds. The number of amides is 3.